The van der Waals surface area contributed by atoms with E-state index in [0.717, 1.165) is 13.0 Å². The third kappa shape index (κ3) is 2.71. The van der Waals surface area contributed by atoms with Crippen LogP contribution in [0.3, 0.4) is 0 Å². The number of carbonyl (C=O) groups excluding carboxylic acids is 1. The summed E-state index contributed by atoms with van der Waals surface area (Å²) in [6.07, 6.45) is 0.814. The first-order chi connectivity index (χ1) is 7.65. The van der Waals surface area contributed by atoms with E-state index in [-0.39, 0.29) is 16.8 Å². The summed E-state index contributed by atoms with van der Waals surface area (Å²) < 4.78 is 13.0. The number of hydrogen-bond donors (Lipinski definition) is 2. The number of amides is 1. The van der Waals surface area contributed by atoms with Gasteiger partial charge in [-0.1, -0.05) is 11.6 Å². The molecule has 1 fully saturated rings. The highest BCUT2D eigenvalue weighted by Gasteiger charge is 2.22. The van der Waals surface area contributed by atoms with Gasteiger partial charge in [-0.3, -0.25) is 4.79 Å². The molecule has 1 heterocycles. The Labute approximate surface area is 98.0 Å². The molecular weight excluding hydrogens is 231 g/mol. The molecule has 0 aliphatic carbocycles. The Balaban J connectivity index is 2.05. The van der Waals surface area contributed by atoms with Crippen LogP contribution in [-0.4, -0.2) is 19.0 Å². The lowest BCUT2D eigenvalue weighted by atomic mass is 10.1. The molecule has 2 N–H and O–H groups in total. The van der Waals surface area contributed by atoms with Crippen LogP contribution >= 0.6 is 11.6 Å². The van der Waals surface area contributed by atoms with Crippen LogP contribution in [0.25, 0.3) is 0 Å². The van der Waals surface area contributed by atoms with Crippen molar-refractivity contribution < 1.29 is 9.18 Å². The Hall–Kier alpha value is -1.13. The highest BCUT2D eigenvalue weighted by atomic mass is 35.5. The van der Waals surface area contributed by atoms with Gasteiger partial charge in [-0.2, -0.15) is 0 Å². The van der Waals surface area contributed by atoms with Crippen molar-refractivity contribution in [3.8, 4) is 0 Å². The average molecular weight is 243 g/mol. The minimum absolute atomic E-state index is 0.0398. The molecule has 86 valence electrons. The van der Waals surface area contributed by atoms with Gasteiger partial charge in [0.2, 0.25) is 5.91 Å². The van der Waals surface area contributed by atoms with Crippen LogP contribution in [0.15, 0.2) is 18.2 Å². The van der Waals surface area contributed by atoms with Gasteiger partial charge >= 0.3 is 0 Å². The van der Waals surface area contributed by atoms with Gasteiger partial charge in [0.1, 0.15) is 5.82 Å². The van der Waals surface area contributed by atoms with Gasteiger partial charge < -0.3 is 10.6 Å². The Kier molecular flexibility index (Phi) is 3.41. The molecule has 1 aliphatic rings. The van der Waals surface area contributed by atoms with Gasteiger partial charge in [0.05, 0.1) is 5.92 Å². The van der Waals surface area contributed by atoms with Gasteiger partial charge in [0.15, 0.2) is 0 Å². The molecule has 0 aromatic heterocycles. The smallest absolute Gasteiger partial charge is 0.228 e. The van der Waals surface area contributed by atoms with Crippen molar-refractivity contribution in [1.29, 1.82) is 0 Å². The zero-order valence-corrected chi connectivity index (χ0v) is 9.35. The van der Waals surface area contributed by atoms with Crippen LogP contribution in [0.5, 0.6) is 0 Å². The fourth-order valence-electron chi connectivity index (χ4n) is 1.75. The number of hydrogen-bond acceptors (Lipinski definition) is 2. The number of nitrogens with one attached hydrogen (secondary N) is 2. The predicted molar refractivity (Wildman–Crippen MR) is 61.0 cm³/mol. The van der Waals surface area contributed by atoms with Crippen LogP contribution in [0.4, 0.5) is 10.1 Å². The number of rotatable bonds is 2. The first-order valence-electron chi connectivity index (χ1n) is 5.13. The Morgan fingerprint density at radius 2 is 2.31 bits per heavy atom. The van der Waals surface area contributed by atoms with Gasteiger partial charge in [-0.05, 0) is 31.2 Å². The van der Waals surface area contributed by atoms with Crippen molar-refractivity contribution in [3.05, 3.63) is 29.0 Å². The van der Waals surface area contributed by atoms with Crippen LogP contribution in [0.1, 0.15) is 6.42 Å². The summed E-state index contributed by atoms with van der Waals surface area (Å²) in [6.45, 7) is 1.52. The number of halogens is 2. The molecular formula is C11H12ClFN2O. The summed E-state index contributed by atoms with van der Waals surface area (Å²) in [4.78, 5) is 11.7. The number of carbonyl (C=O) groups is 1. The Bertz CT molecular complexity index is 385. The van der Waals surface area contributed by atoms with E-state index < -0.39 is 5.82 Å². The molecule has 1 aromatic carbocycles. The molecule has 3 nitrogen and oxygen atoms in total. The van der Waals surface area contributed by atoms with Crippen LogP contribution in [0, 0.1) is 11.7 Å². The summed E-state index contributed by atoms with van der Waals surface area (Å²) in [5.41, 5.74) is 0.405. The molecule has 1 aliphatic heterocycles. The maximum atomic E-state index is 13.0. The number of benzene rings is 1. The zero-order chi connectivity index (χ0) is 11.5. The second-order valence-electron chi connectivity index (χ2n) is 3.84. The summed E-state index contributed by atoms with van der Waals surface area (Å²) in [6, 6.07) is 3.99. The second kappa shape index (κ2) is 4.80. The van der Waals surface area contributed by atoms with E-state index in [1.54, 1.807) is 0 Å². The van der Waals surface area contributed by atoms with E-state index >= 15 is 0 Å². The van der Waals surface area contributed by atoms with Crippen molar-refractivity contribution in [2.24, 2.45) is 5.92 Å². The Morgan fingerprint density at radius 1 is 1.50 bits per heavy atom. The van der Waals surface area contributed by atoms with Crippen molar-refractivity contribution in [1.82, 2.24) is 5.32 Å². The van der Waals surface area contributed by atoms with Crippen LogP contribution in [-0.2, 0) is 4.79 Å². The van der Waals surface area contributed by atoms with Crippen LogP contribution < -0.4 is 10.6 Å². The second-order valence-corrected chi connectivity index (χ2v) is 4.27. The molecule has 1 amide bonds. The Morgan fingerprint density at radius 3 is 2.94 bits per heavy atom. The first kappa shape index (κ1) is 11.4. The lowest BCUT2D eigenvalue weighted by Crippen LogP contribution is -2.24. The molecule has 1 atom stereocenters. The van der Waals surface area contributed by atoms with Crippen molar-refractivity contribution in [3.63, 3.8) is 0 Å². The summed E-state index contributed by atoms with van der Waals surface area (Å²) in [5, 5.41) is 6.04. The van der Waals surface area contributed by atoms with Crippen LogP contribution in [0.2, 0.25) is 5.02 Å². The monoisotopic (exact) mass is 242 g/mol. The zero-order valence-electron chi connectivity index (χ0n) is 8.59. The fraction of sp³-hybridized carbons (Fsp3) is 0.364. The van der Waals surface area contributed by atoms with Gasteiger partial charge in [-0.25, -0.2) is 4.39 Å². The van der Waals surface area contributed by atoms with E-state index in [0.29, 0.717) is 12.2 Å². The lowest BCUT2D eigenvalue weighted by Gasteiger charge is -2.10. The van der Waals surface area contributed by atoms with E-state index in [1.807, 2.05) is 0 Å². The highest BCUT2D eigenvalue weighted by molar-refractivity contribution is 6.30. The quantitative estimate of drug-likeness (QED) is 0.833. The SMILES string of the molecule is O=C(Nc1cc(F)cc(Cl)c1)C1CCNC1. The molecule has 1 saturated heterocycles. The summed E-state index contributed by atoms with van der Waals surface area (Å²) >= 11 is 5.69. The van der Waals surface area contributed by atoms with Gasteiger partial charge in [0.25, 0.3) is 0 Å². The molecule has 0 spiro atoms. The molecule has 0 bridgehead atoms. The van der Waals surface area contributed by atoms with E-state index in [4.69, 9.17) is 11.6 Å². The van der Waals surface area contributed by atoms with E-state index in [1.165, 1.54) is 18.2 Å². The molecule has 1 aromatic rings. The minimum atomic E-state index is -0.452. The maximum absolute atomic E-state index is 13.0. The summed E-state index contributed by atoms with van der Waals surface area (Å²) in [7, 11) is 0. The summed E-state index contributed by atoms with van der Waals surface area (Å²) in [5.74, 6) is -0.582. The normalized spacial score (nSPS) is 19.8. The van der Waals surface area contributed by atoms with Crippen molar-refractivity contribution in [2.45, 2.75) is 6.42 Å². The number of anilines is 1. The van der Waals surface area contributed by atoms with Gasteiger partial charge in [-0.15, -0.1) is 0 Å². The van der Waals surface area contributed by atoms with E-state index in [9.17, 15) is 9.18 Å². The van der Waals surface area contributed by atoms with Gasteiger partial charge in [0, 0.05) is 17.3 Å². The highest BCUT2D eigenvalue weighted by Crippen LogP contribution is 2.19. The topological polar surface area (TPSA) is 41.1 Å². The fourth-order valence-corrected chi connectivity index (χ4v) is 1.97. The third-order valence-corrected chi connectivity index (χ3v) is 2.78. The molecule has 0 saturated carbocycles. The maximum Gasteiger partial charge on any atom is 0.228 e. The van der Waals surface area contributed by atoms with E-state index in [2.05, 4.69) is 10.6 Å². The minimum Gasteiger partial charge on any atom is -0.326 e. The predicted octanol–water partition coefficient (Wildman–Crippen LogP) is 2.03. The first-order valence-corrected chi connectivity index (χ1v) is 5.50. The average Bonchev–Trinajstić information content (AvgIpc) is 2.68. The molecule has 16 heavy (non-hydrogen) atoms. The molecule has 5 heteroatoms. The van der Waals surface area contributed by atoms with Crippen molar-refractivity contribution >= 4 is 23.2 Å². The third-order valence-electron chi connectivity index (χ3n) is 2.56. The standard InChI is InChI=1S/C11H12ClFN2O/c12-8-3-9(13)5-10(4-8)15-11(16)7-1-2-14-6-7/h3-5,7,14H,1-2,6H2,(H,15,16). The largest absolute Gasteiger partial charge is 0.326 e. The molecule has 2 rings (SSSR count). The molecule has 1 unspecified atom stereocenters. The molecule has 0 radical (unpaired) electrons. The van der Waals surface area contributed by atoms with Crippen molar-refractivity contribution in [2.75, 3.05) is 18.4 Å². The lowest BCUT2D eigenvalue weighted by molar-refractivity contribution is -0.119.